The van der Waals surface area contributed by atoms with Crippen LogP contribution in [0.5, 0.6) is 0 Å². The Hall–Kier alpha value is -2.35. The molecule has 1 heterocycles. The lowest BCUT2D eigenvalue weighted by Crippen LogP contribution is -2.19. The number of benzene rings is 1. The first kappa shape index (κ1) is 15.0. The summed E-state index contributed by atoms with van der Waals surface area (Å²) < 4.78 is 26.7. The van der Waals surface area contributed by atoms with Crippen LogP contribution in [0.25, 0.3) is 0 Å². The number of rotatable bonds is 5. The average molecular weight is 308 g/mol. The summed E-state index contributed by atoms with van der Waals surface area (Å²) in [6, 6.07) is 7.88. The number of H-pyrrole nitrogens is 1. The molecule has 0 bridgehead atoms. The largest absolute Gasteiger partial charge is 0.352 e. The SMILES string of the molecule is CC(=O)NCc1ccc(S(=O)(=O)Nc2cc(C)[nH]n2)cc1. The molecular formula is C13H16N4O3S. The van der Waals surface area contributed by atoms with Crippen LogP contribution in [0.1, 0.15) is 18.2 Å². The molecule has 112 valence electrons. The van der Waals surface area contributed by atoms with E-state index >= 15 is 0 Å². The number of nitrogens with zero attached hydrogens (tertiary/aromatic N) is 1. The van der Waals surface area contributed by atoms with Gasteiger partial charge >= 0.3 is 0 Å². The Morgan fingerprint density at radius 1 is 1.29 bits per heavy atom. The Kier molecular flexibility index (Phi) is 4.27. The van der Waals surface area contributed by atoms with Crippen LogP contribution in [0, 0.1) is 6.92 Å². The lowest BCUT2D eigenvalue weighted by molar-refractivity contribution is -0.119. The monoisotopic (exact) mass is 308 g/mol. The van der Waals surface area contributed by atoms with Gasteiger partial charge in [0.05, 0.1) is 4.90 Å². The van der Waals surface area contributed by atoms with Crippen molar-refractivity contribution in [1.82, 2.24) is 15.5 Å². The van der Waals surface area contributed by atoms with Gasteiger partial charge in [-0.25, -0.2) is 8.42 Å². The molecule has 1 aromatic heterocycles. The van der Waals surface area contributed by atoms with Crippen LogP contribution >= 0.6 is 0 Å². The summed E-state index contributed by atoms with van der Waals surface area (Å²) in [5.41, 5.74) is 1.58. The number of aromatic amines is 1. The van der Waals surface area contributed by atoms with Gasteiger partial charge in [0.1, 0.15) is 0 Å². The van der Waals surface area contributed by atoms with Crippen molar-refractivity contribution >= 4 is 21.7 Å². The summed E-state index contributed by atoms with van der Waals surface area (Å²) in [6.07, 6.45) is 0. The van der Waals surface area contributed by atoms with E-state index in [0.717, 1.165) is 11.3 Å². The second kappa shape index (κ2) is 5.96. The van der Waals surface area contributed by atoms with Gasteiger partial charge in [-0.05, 0) is 24.6 Å². The number of sulfonamides is 1. The number of hydrogen-bond donors (Lipinski definition) is 3. The zero-order valence-corrected chi connectivity index (χ0v) is 12.5. The molecule has 0 unspecified atom stereocenters. The van der Waals surface area contributed by atoms with E-state index < -0.39 is 10.0 Å². The maximum Gasteiger partial charge on any atom is 0.263 e. The molecule has 1 aromatic carbocycles. The van der Waals surface area contributed by atoms with Crippen molar-refractivity contribution in [3.63, 3.8) is 0 Å². The molecule has 0 atom stereocenters. The second-order valence-electron chi connectivity index (χ2n) is 4.60. The highest BCUT2D eigenvalue weighted by atomic mass is 32.2. The van der Waals surface area contributed by atoms with Gasteiger partial charge < -0.3 is 5.32 Å². The maximum absolute atomic E-state index is 12.2. The molecule has 0 saturated heterocycles. The van der Waals surface area contributed by atoms with Crippen molar-refractivity contribution in [2.75, 3.05) is 4.72 Å². The van der Waals surface area contributed by atoms with Crippen molar-refractivity contribution in [3.05, 3.63) is 41.6 Å². The number of hydrogen-bond acceptors (Lipinski definition) is 4. The number of carbonyl (C=O) groups excluding carboxylic acids is 1. The molecule has 2 rings (SSSR count). The summed E-state index contributed by atoms with van der Waals surface area (Å²) >= 11 is 0. The molecule has 0 fully saturated rings. The Morgan fingerprint density at radius 3 is 2.48 bits per heavy atom. The number of nitrogens with one attached hydrogen (secondary N) is 3. The molecule has 1 amide bonds. The minimum absolute atomic E-state index is 0.134. The van der Waals surface area contributed by atoms with Crippen molar-refractivity contribution < 1.29 is 13.2 Å². The first-order chi connectivity index (χ1) is 9.87. The quantitative estimate of drug-likeness (QED) is 0.771. The molecule has 2 aromatic rings. The lowest BCUT2D eigenvalue weighted by atomic mass is 10.2. The Balaban J connectivity index is 2.11. The predicted molar refractivity (Wildman–Crippen MR) is 78.1 cm³/mol. The number of anilines is 1. The molecule has 0 saturated carbocycles. The van der Waals surface area contributed by atoms with E-state index in [4.69, 9.17) is 0 Å². The summed E-state index contributed by atoms with van der Waals surface area (Å²) in [5, 5.41) is 9.14. The van der Waals surface area contributed by atoms with Gasteiger partial charge in [-0.1, -0.05) is 12.1 Å². The Labute approximate surface area is 122 Å². The molecule has 21 heavy (non-hydrogen) atoms. The van der Waals surface area contributed by atoms with Gasteiger partial charge in [0, 0.05) is 25.2 Å². The number of amides is 1. The third-order valence-electron chi connectivity index (χ3n) is 2.72. The van der Waals surface area contributed by atoms with Crippen LogP contribution in [-0.4, -0.2) is 24.5 Å². The van der Waals surface area contributed by atoms with E-state index in [0.29, 0.717) is 6.54 Å². The zero-order chi connectivity index (χ0) is 15.5. The fourth-order valence-electron chi connectivity index (χ4n) is 1.68. The smallest absolute Gasteiger partial charge is 0.263 e. The van der Waals surface area contributed by atoms with Gasteiger partial charge in [0.15, 0.2) is 5.82 Å². The molecule has 0 aliphatic heterocycles. The molecule has 0 aliphatic carbocycles. The first-order valence-corrected chi connectivity index (χ1v) is 7.73. The number of carbonyl (C=O) groups is 1. The van der Waals surface area contributed by atoms with Crippen molar-refractivity contribution in [2.45, 2.75) is 25.3 Å². The van der Waals surface area contributed by atoms with Gasteiger partial charge in [-0.15, -0.1) is 0 Å². The predicted octanol–water partition coefficient (Wildman–Crippen LogP) is 1.16. The highest BCUT2D eigenvalue weighted by molar-refractivity contribution is 7.92. The molecule has 0 spiro atoms. The van der Waals surface area contributed by atoms with E-state index in [1.807, 2.05) is 0 Å². The van der Waals surface area contributed by atoms with E-state index in [1.54, 1.807) is 25.1 Å². The summed E-state index contributed by atoms with van der Waals surface area (Å²) in [7, 11) is -3.67. The normalized spacial score (nSPS) is 11.1. The Morgan fingerprint density at radius 2 is 1.95 bits per heavy atom. The van der Waals surface area contributed by atoms with Crippen molar-refractivity contribution in [2.24, 2.45) is 0 Å². The van der Waals surface area contributed by atoms with Crippen LogP contribution in [-0.2, 0) is 21.4 Å². The van der Waals surface area contributed by atoms with Gasteiger partial charge in [-0.2, -0.15) is 5.10 Å². The number of aryl methyl sites for hydroxylation is 1. The van der Waals surface area contributed by atoms with Crippen molar-refractivity contribution in [1.29, 1.82) is 0 Å². The zero-order valence-electron chi connectivity index (χ0n) is 11.7. The molecule has 3 N–H and O–H groups in total. The van der Waals surface area contributed by atoms with Crippen LogP contribution in [0.15, 0.2) is 35.2 Å². The molecule has 0 aliphatic rings. The van der Waals surface area contributed by atoms with Crippen LogP contribution in [0.2, 0.25) is 0 Å². The third-order valence-corrected chi connectivity index (χ3v) is 4.09. The van der Waals surface area contributed by atoms with E-state index in [1.165, 1.54) is 19.1 Å². The second-order valence-corrected chi connectivity index (χ2v) is 6.28. The van der Waals surface area contributed by atoms with Crippen LogP contribution in [0.4, 0.5) is 5.82 Å². The maximum atomic E-state index is 12.2. The van der Waals surface area contributed by atoms with Crippen LogP contribution < -0.4 is 10.0 Å². The third kappa shape index (κ3) is 4.06. The first-order valence-electron chi connectivity index (χ1n) is 6.25. The standard InChI is InChI=1S/C13H16N4O3S/c1-9-7-13(16-15-9)17-21(19,20)12-5-3-11(4-6-12)8-14-10(2)18/h3-7H,8H2,1-2H3,(H,14,18)(H2,15,16,17). The summed E-state index contributed by atoms with van der Waals surface area (Å²) in [4.78, 5) is 11.0. The minimum Gasteiger partial charge on any atom is -0.352 e. The average Bonchev–Trinajstić information content (AvgIpc) is 2.81. The van der Waals surface area contributed by atoms with Crippen LogP contribution in [0.3, 0.4) is 0 Å². The highest BCUT2D eigenvalue weighted by Gasteiger charge is 2.15. The fraction of sp³-hybridized carbons (Fsp3) is 0.231. The van der Waals surface area contributed by atoms with E-state index in [-0.39, 0.29) is 16.6 Å². The van der Waals surface area contributed by atoms with Gasteiger partial charge in [0.2, 0.25) is 5.91 Å². The number of aromatic nitrogens is 2. The molecule has 0 radical (unpaired) electrons. The minimum atomic E-state index is -3.67. The van der Waals surface area contributed by atoms with Crippen molar-refractivity contribution in [3.8, 4) is 0 Å². The molecule has 8 heteroatoms. The van der Waals surface area contributed by atoms with Gasteiger partial charge in [0.25, 0.3) is 10.0 Å². The molecular weight excluding hydrogens is 292 g/mol. The summed E-state index contributed by atoms with van der Waals surface area (Å²) in [5.74, 6) is 0.108. The Bertz CT molecular complexity index is 735. The van der Waals surface area contributed by atoms with E-state index in [2.05, 4.69) is 20.2 Å². The highest BCUT2D eigenvalue weighted by Crippen LogP contribution is 2.15. The molecule has 7 nitrogen and oxygen atoms in total. The summed E-state index contributed by atoms with van der Waals surface area (Å²) in [6.45, 7) is 3.57. The topological polar surface area (TPSA) is 104 Å². The van der Waals surface area contributed by atoms with E-state index in [9.17, 15) is 13.2 Å². The fourth-order valence-corrected chi connectivity index (χ4v) is 2.67. The lowest BCUT2D eigenvalue weighted by Gasteiger charge is -2.07. The van der Waals surface area contributed by atoms with Gasteiger partial charge in [-0.3, -0.25) is 14.6 Å².